The van der Waals surface area contributed by atoms with Gasteiger partial charge in [0.15, 0.2) is 14.7 Å². The van der Waals surface area contributed by atoms with Crippen molar-refractivity contribution >= 4 is 22.8 Å². The van der Waals surface area contributed by atoms with Crippen molar-refractivity contribution in [3.05, 3.63) is 90.5 Å². The number of carbonyl (C=O) groups is 2. The third-order valence-electron chi connectivity index (χ3n) is 6.32. The third-order valence-corrected chi connectivity index (χ3v) is 8.55. The molecule has 0 bridgehead atoms. The van der Waals surface area contributed by atoms with Gasteiger partial charge in [0, 0.05) is 12.0 Å². The summed E-state index contributed by atoms with van der Waals surface area (Å²) in [5.41, 5.74) is 1.12. The Morgan fingerprint density at radius 2 is 1.22 bits per heavy atom. The van der Waals surface area contributed by atoms with Crippen LogP contribution >= 0.6 is 0 Å². The normalized spacial score (nSPS) is 12.8. The molecule has 0 heterocycles. The van der Waals surface area contributed by atoms with Crippen molar-refractivity contribution in [1.29, 1.82) is 0 Å². The molecule has 6 heteroatoms. The summed E-state index contributed by atoms with van der Waals surface area (Å²) in [6, 6.07) is 29.8. The second-order valence-electron chi connectivity index (χ2n) is 9.05. The van der Waals surface area contributed by atoms with Gasteiger partial charge in [-0.25, -0.2) is 0 Å². The molecule has 3 aromatic rings. The molecule has 0 spiro atoms. The van der Waals surface area contributed by atoms with E-state index in [9.17, 15) is 9.59 Å². The first-order valence-corrected chi connectivity index (χ1v) is 14.1. The Bertz CT molecular complexity index is 1070. The zero-order chi connectivity index (χ0) is 26.6. The topological polar surface area (TPSA) is 55.8 Å². The molecule has 0 aliphatic carbocycles. The number of benzene rings is 3. The maximum Gasteiger partial charge on any atom is 0.320 e. The van der Waals surface area contributed by atoms with Crippen LogP contribution in [-0.2, 0) is 30.0 Å². The van der Waals surface area contributed by atoms with Crippen LogP contribution in [0.15, 0.2) is 99.6 Å². The number of hydrogen-bond donors (Lipinski definition) is 0. The molecule has 5 nitrogen and oxygen atoms in total. The van der Waals surface area contributed by atoms with E-state index in [1.807, 2.05) is 30.9 Å². The van der Waals surface area contributed by atoms with Crippen molar-refractivity contribution in [2.45, 2.75) is 60.8 Å². The monoisotopic (exact) mass is 520 g/mol. The van der Waals surface area contributed by atoms with Crippen LogP contribution in [-0.4, -0.2) is 49.2 Å². The largest absolute Gasteiger partial charge is 0.465 e. The molecule has 2 unspecified atom stereocenters. The maximum absolute atomic E-state index is 12.6. The first-order valence-electron chi connectivity index (χ1n) is 12.9. The molecule has 3 rings (SSSR count). The minimum absolute atomic E-state index is 0.0512. The van der Waals surface area contributed by atoms with E-state index in [1.54, 1.807) is 6.92 Å². The van der Waals surface area contributed by atoms with Crippen molar-refractivity contribution in [1.82, 2.24) is 4.90 Å². The van der Waals surface area contributed by atoms with Crippen molar-refractivity contribution in [2.75, 3.05) is 26.3 Å². The summed E-state index contributed by atoms with van der Waals surface area (Å²) >= 11 is 0. The summed E-state index contributed by atoms with van der Waals surface area (Å²) in [5.74, 6) is -0.604. The Balaban J connectivity index is 1.64. The van der Waals surface area contributed by atoms with E-state index in [0.29, 0.717) is 6.61 Å². The molecule has 0 aliphatic heterocycles. The van der Waals surface area contributed by atoms with Crippen LogP contribution in [0.25, 0.3) is 0 Å². The summed E-state index contributed by atoms with van der Waals surface area (Å²) < 4.78 is 10.7. The van der Waals surface area contributed by atoms with Gasteiger partial charge in [0.25, 0.3) is 0 Å². The van der Waals surface area contributed by atoms with Gasteiger partial charge in [-0.15, -0.1) is 0 Å². The van der Waals surface area contributed by atoms with Gasteiger partial charge >= 0.3 is 11.9 Å². The quantitative estimate of drug-likeness (QED) is 0.202. The smallest absolute Gasteiger partial charge is 0.320 e. The highest BCUT2D eigenvalue weighted by Crippen LogP contribution is 2.31. The molecule has 0 aromatic heterocycles. The van der Waals surface area contributed by atoms with Crippen molar-refractivity contribution < 1.29 is 19.1 Å². The predicted molar refractivity (Wildman–Crippen MR) is 149 cm³/mol. The molecule has 2 atom stereocenters. The van der Waals surface area contributed by atoms with Crippen LogP contribution in [0, 0.1) is 0 Å². The lowest BCUT2D eigenvalue weighted by Gasteiger charge is -2.26. The van der Waals surface area contributed by atoms with Gasteiger partial charge in [0.2, 0.25) is 0 Å². The van der Waals surface area contributed by atoms with E-state index in [4.69, 9.17) is 9.47 Å². The van der Waals surface area contributed by atoms with Crippen LogP contribution < -0.4 is 0 Å². The summed E-state index contributed by atoms with van der Waals surface area (Å²) in [7, 11) is -0.195. The molecule has 196 valence electrons. The van der Waals surface area contributed by atoms with Crippen LogP contribution in [0.3, 0.4) is 0 Å². The summed E-state index contributed by atoms with van der Waals surface area (Å²) in [5, 5.41) is 0. The van der Waals surface area contributed by atoms with E-state index >= 15 is 0 Å². The van der Waals surface area contributed by atoms with Gasteiger partial charge in [-0.1, -0.05) is 62.4 Å². The van der Waals surface area contributed by atoms with E-state index in [2.05, 4.69) is 79.7 Å². The number of carbonyl (C=O) groups excluding carboxylic acids is 2. The van der Waals surface area contributed by atoms with Crippen LogP contribution in [0.5, 0.6) is 0 Å². The predicted octanol–water partition coefficient (Wildman–Crippen LogP) is 6.09. The van der Waals surface area contributed by atoms with Gasteiger partial charge in [0.1, 0.15) is 0 Å². The number of nitrogens with zero attached hydrogens (tertiary/aromatic N) is 1. The van der Waals surface area contributed by atoms with Gasteiger partial charge in [-0.2, -0.15) is 0 Å². The fourth-order valence-corrected chi connectivity index (χ4v) is 6.06. The van der Waals surface area contributed by atoms with Crippen molar-refractivity contribution in [3.63, 3.8) is 0 Å². The lowest BCUT2D eigenvalue weighted by Crippen LogP contribution is -2.41. The third kappa shape index (κ3) is 8.48. The second kappa shape index (κ2) is 14.6. The standard InChI is InChI=1S/C31H38NO4S/c1-5-25(4)32(21-30(33)35-6-2)22-31(34)36-23-24(3)26-17-19-29(20-18-26)37(27-13-9-7-10-14-27)28-15-11-8-12-16-28/h7-20,24-25H,5-6,21-23H2,1-4H3/q+1. The van der Waals surface area contributed by atoms with Crippen molar-refractivity contribution in [2.24, 2.45) is 0 Å². The fraction of sp³-hybridized carbons (Fsp3) is 0.355. The molecule has 3 aromatic carbocycles. The molecule has 0 saturated carbocycles. The van der Waals surface area contributed by atoms with Gasteiger partial charge < -0.3 is 9.47 Å². The highest BCUT2D eigenvalue weighted by atomic mass is 32.2. The second-order valence-corrected chi connectivity index (χ2v) is 11.1. The molecule has 0 aliphatic rings. The molecule has 0 amide bonds. The number of hydrogen-bond acceptors (Lipinski definition) is 5. The summed E-state index contributed by atoms with van der Waals surface area (Å²) in [6.45, 7) is 8.62. The van der Waals surface area contributed by atoms with Gasteiger partial charge in [-0.05, 0) is 62.2 Å². The minimum Gasteiger partial charge on any atom is -0.465 e. The number of esters is 2. The molecule has 0 radical (unpaired) electrons. The molecule has 0 fully saturated rings. The Labute approximate surface area is 224 Å². The highest BCUT2D eigenvalue weighted by Gasteiger charge is 2.28. The Kier molecular flexibility index (Phi) is 11.2. The van der Waals surface area contributed by atoms with E-state index in [1.165, 1.54) is 14.7 Å². The van der Waals surface area contributed by atoms with Gasteiger partial charge in [-0.3, -0.25) is 14.5 Å². The molecular weight excluding hydrogens is 482 g/mol. The lowest BCUT2D eigenvalue weighted by atomic mass is 10.0. The zero-order valence-electron chi connectivity index (χ0n) is 22.3. The molecule has 37 heavy (non-hydrogen) atoms. The van der Waals surface area contributed by atoms with Crippen LogP contribution in [0.2, 0.25) is 0 Å². The van der Waals surface area contributed by atoms with E-state index < -0.39 is 0 Å². The van der Waals surface area contributed by atoms with Crippen LogP contribution in [0.4, 0.5) is 0 Å². The number of ether oxygens (including phenoxy) is 2. The van der Waals surface area contributed by atoms with E-state index in [-0.39, 0.29) is 54.5 Å². The Hall–Kier alpha value is -3.09. The Morgan fingerprint density at radius 3 is 1.70 bits per heavy atom. The lowest BCUT2D eigenvalue weighted by molar-refractivity contribution is -0.149. The average Bonchev–Trinajstić information content (AvgIpc) is 2.93. The molecular formula is C31H38NO4S+. The molecule has 0 saturated heterocycles. The summed E-state index contributed by atoms with van der Waals surface area (Å²) in [4.78, 5) is 30.1. The SMILES string of the molecule is CCOC(=O)CN(CC(=O)OCC(C)c1ccc([S+](c2ccccc2)c2ccccc2)cc1)C(C)CC. The minimum atomic E-state index is -0.331. The van der Waals surface area contributed by atoms with E-state index in [0.717, 1.165) is 12.0 Å². The number of rotatable bonds is 13. The first-order chi connectivity index (χ1) is 17.9. The maximum atomic E-state index is 12.6. The summed E-state index contributed by atoms with van der Waals surface area (Å²) in [6.07, 6.45) is 0.822. The Morgan fingerprint density at radius 1 is 0.730 bits per heavy atom. The average molecular weight is 521 g/mol. The zero-order valence-corrected chi connectivity index (χ0v) is 23.1. The van der Waals surface area contributed by atoms with Gasteiger partial charge in [0.05, 0.1) is 37.2 Å². The molecule has 0 N–H and O–H groups in total. The van der Waals surface area contributed by atoms with Crippen molar-refractivity contribution in [3.8, 4) is 0 Å². The first kappa shape index (κ1) is 28.5. The fourth-order valence-electron chi connectivity index (χ4n) is 3.98. The van der Waals surface area contributed by atoms with Crippen LogP contribution in [0.1, 0.15) is 45.6 Å². The highest BCUT2D eigenvalue weighted by molar-refractivity contribution is 7.97.